The van der Waals surface area contributed by atoms with Gasteiger partial charge in [0.1, 0.15) is 11.1 Å². The van der Waals surface area contributed by atoms with E-state index in [-0.39, 0.29) is 0 Å². The molecule has 0 unspecified atom stereocenters. The Bertz CT molecular complexity index is 722. The zero-order chi connectivity index (χ0) is 13.9. The Kier molecular flexibility index (Phi) is 3.48. The van der Waals surface area contributed by atoms with E-state index in [2.05, 4.69) is 5.16 Å². The summed E-state index contributed by atoms with van der Waals surface area (Å²) >= 11 is 5.85. The number of fused-ring (bicyclic) bond motifs is 1. The number of hydrogen-bond acceptors (Lipinski definition) is 4. The molecule has 3 aromatic rings. The topological polar surface area (TPSA) is 61.3 Å². The van der Waals surface area contributed by atoms with Crippen LogP contribution in [0.5, 0.6) is 5.75 Å². The van der Waals surface area contributed by atoms with Crippen molar-refractivity contribution >= 4 is 28.4 Å². The minimum atomic E-state index is 0.349. The van der Waals surface area contributed by atoms with Crippen LogP contribution in [0, 0.1) is 0 Å². The Morgan fingerprint density at radius 2 is 1.95 bits per heavy atom. The normalized spacial score (nSPS) is 10.8. The van der Waals surface area contributed by atoms with Gasteiger partial charge in [0, 0.05) is 11.4 Å². The number of anilines is 1. The zero-order valence-electron chi connectivity index (χ0n) is 10.7. The van der Waals surface area contributed by atoms with E-state index < -0.39 is 0 Å². The molecule has 0 amide bonds. The van der Waals surface area contributed by atoms with Gasteiger partial charge >= 0.3 is 0 Å². The molecule has 2 N–H and O–H groups in total. The van der Waals surface area contributed by atoms with Crippen LogP contribution in [-0.2, 0) is 6.42 Å². The van der Waals surface area contributed by atoms with Crippen LogP contribution in [-0.4, -0.2) is 11.8 Å². The summed E-state index contributed by atoms with van der Waals surface area (Å²) in [5, 5.41) is 5.20. The molecule has 0 spiro atoms. The monoisotopic (exact) mass is 288 g/mol. The summed E-state index contributed by atoms with van der Waals surface area (Å²) in [6.07, 6.45) is 0.790. The lowest BCUT2D eigenvalue weighted by Crippen LogP contribution is -2.01. The van der Waals surface area contributed by atoms with E-state index in [4.69, 9.17) is 26.6 Å². The van der Waals surface area contributed by atoms with Crippen molar-refractivity contribution in [1.82, 2.24) is 5.16 Å². The molecule has 0 saturated carbocycles. The van der Waals surface area contributed by atoms with Crippen LogP contribution in [0.3, 0.4) is 0 Å². The molecule has 0 saturated heterocycles. The number of benzene rings is 2. The van der Waals surface area contributed by atoms with E-state index in [9.17, 15) is 0 Å². The number of aromatic nitrogens is 1. The van der Waals surface area contributed by atoms with Gasteiger partial charge in [-0.15, -0.1) is 0 Å². The summed E-state index contributed by atoms with van der Waals surface area (Å²) in [5.41, 5.74) is 7.57. The molecule has 102 valence electrons. The molecule has 0 radical (unpaired) electrons. The molecule has 0 aliphatic heterocycles. The van der Waals surface area contributed by atoms with Crippen molar-refractivity contribution in [3.05, 3.63) is 53.1 Å². The number of halogens is 1. The summed E-state index contributed by atoms with van der Waals surface area (Å²) < 4.78 is 10.9. The minimum Gasteiger partial charge on any atom is -0.492 e. The number of ether oxygens (including phenoxy) is 1. The number of hydrogen-bond donors (Lipinski definition) is 1. The highest BCUT2D eigenvalue weighted by Gasteiger charge is 2.10. The third kappa shape index (κ3) is 2.56. The molecule has 3 rings (SSSR count). The van der Waals surface area contributed by atoms with Crippen LogP contribution in [0.2, 0.25) is 5.02 Å². The van der Waals surface area contributed by atoms with Gasteiger partial charge in [0.2, 0.25) is 0 Å². The lowest BCUT2D eigenvalue weighted by atomic mass is 10.2. The van der Waals surface area contributed by atoms with E-state index >= 15 is 0 Å². The molecule has 0 atom stereocenters. The second-order valence-electron chi connectivity index (χ2n) is 4.42. The molecular weight excluding hydrogens is 276 g/mol. The lowest BCUT2D eigenvalue weighted by Gasteiger charge is -2.07. The third-order valence-corrected chi connectivity index (χ3v) is 3.30. The first kappa shape index (κ1) is 12.8. The average Bonchev–Trinajstić information content (AvgIpc) is 2.84. The molecule has 0 aliphatic rings. The van der Waals surface area contributed by atoms with E-state index in [1.807, 2.05) is 42.5 Å². The SMILES string of the molecule is Nc1noc2cccc(OCCc3ccc(Cl)cc3)c12. The summed E-state index contributed by atoms with van der Waals surface area (Å²) in [6, 6.07) is 13.2. The van der Waals surface area contributed by atoms with Crippen molar-refractivity contribution in [3.8, 4) is 5.75 Å². The van der Waals surface area contributed by atoms with Gasteiger partial charge in [0.15, 0.2) is 11.4 Å². The molecule has 2 aromatic carbocycles. The predicted molar refractivity (Wildman–Crippen MR) is 79.1 cm³/mol. The minimum absolute atomic E-state index is 0.349. The quantitative estimate of drug-likeness (QED) is 0.795. The molecule has 0 fully saturated rings. The molecule has 0 aliphatic carbocycles. The predicted octanol–water partition coefficient (Wildman–Crippen LogP) is 3.68. The Morgan fingerprint density at radius 1 is 1.15 bits per heavy atom. The average molecular weight is 289 g/mol. The molecule has 1 heterocycles. The van der Waals surface area contributed by atoms with Crippen molar-refractivity contribution in [2.75, 3.05) is 12.3 Å². The zero-order valence-corrected chi connectivity index (χ0v) is 11.4. The second-order valence-corrected chi connectivity index (χ2v) is 4.86. The van der Waals surface area contributed by atoms with Crippen LogP contribution in [0.1, 0.15) is 5.56 Å². The van der Waals surface area contributed by atoms with E-state index in [1.165, 1.54) is 5.56 Å². The maximum atomic E-state index is 5.85. The summed E-state index contributed by atoms with van der Waals surface area (Å²) in [6.45, 7) is 0.547. The van der Waals surface area contributed by atoms with Crippen LogP contribution in [0.4, 0.5) is 5.82 Å². The first-order valence-corrected chi connectivity index (χ1v) is 6.63. The Hall–Kier alpha value is -2.20. The molecule has 0 bridgehead atoms. The lowest BCUT2D eigenvalue weighted by molar-refractivity contribution is 0.325. The van der Waals surface area contributed by atoms with Gasteiger partial charge in [0.05, 0.1) is 6.61 Å². The highest BCUT2D eigenvalue weighted by molar-refractivity contribution is 6.30. The summed E-state index contributed by atoms with van der Waals surface area (Å²) in [4.78, 5) is 0. The van der Waals surface area contributed by atoms with Gasteiger partial charge in [0.25, 0.3) is 0 Å². The summed E-state index contributed by atoms with van der Waals surface area (Å²) in [7, 11) is 0. The van der Waals surface area contributed by atoms with E-state index in [0.717, 1.165) is 16.8 Å². The van der Waals surface area contributed by atoms with Crippen molar-refractivity contribution in [3.63, 3.8) is 0 Å². The first-order chi connectivity index (χ1) is 9.74. The van der Waals surface area contributed by atoms with Gasteiger partial charge < -0.3 is 15.0 Å². The highest BCUT2D eigenvalue weighted by atomic mass is 35.5. The standard InChI is InChI=1S/C15H13ClN2O2/c16-11-6-4-10(5-7-11)8-9-19-12-2-1-3-13-14(12)15(17)18-20-13/h1-7H,8-9H2,(H2,17,18). The Labute approximate surface area is 121 Å². The van der Waals surface area contributed by atoms with Gasteiger partial charge in [-0.1, -0.05) is 35.0 Å². The number of rotatable bonds is 4. The Balaban J connectivity index is 1.71. The fourth-order valence-electron chi connectivity index (χ4n) is 2.03. The fraction of sp³-hybridized carbons (Fsp3) is 0.133. The fourth-order valence-corrected chi connectivity index (χ4v) is 2.16. The van der Waals surface area contributed by atoms with Crippen LogP contribution in [0.15, 0.2) is 47.0 Å². The van der Waals surface area contributed by atoms with Crippen molar-refractivity contribution < 1.29 is 9.26 Å². The van der Waals surface area contributed by atoms with Gasteiger partial charge in [-0.3, -0.25) is 0 Å². The maximum Gasteiger partial charge on any atom is 0.178 e. The molecule has 5 heteroatoms. The number of nitrogens with two attached hydrogens (primary N) is 1. The highest BCUT2D eigenvalue weighted by Crippen LogP contribution is 2.30. The first-order valence-electron chi connectivity index (χ1n) is 6.25. The van der Waals surface area contributed by atoms with Crippen LogP contribution >= 0.6 is 11.6 Å². The number of nitrogen functional groups attached to an aromatic ring is 1. The van der Waals surface area contributed by atoms with Gasteiger partial charge in [-0.2, -0.15) is 0 Å². The van der Waals surface area contributed by atoms with Gasteiger partial charge in [-0.05, 0) is 29.8 Å². The summed E-state index contributed by atoms with van der Waals surface area (Å²) in [5.74, 6) is 1.04. The molecule has 1 aromatic heterocycles. The third-order valence-electron chi connectivity index (χ3n) is 3.05. The second kappa shape index (κ2) is 5.43. The van der Waals surface area contributed by atoms with Crippen molar-refractivity contribution in [1.29, 1.82) is 0 Å². The van der Waals surface area contributed by atoms with Gasteiger partial charge in [-0.25, -0.2) is 0 Å². The molecular formula is C15H13ClN2O2. The molecule has 20 heavy (non-hydrogen) atoms. The van der Waals surface area contributed by atoms with Crippen molar-refractivity contribution in [2.45, 2.75) is 6.42 Å². The maximum absolute atomic E-state index is 5.85. The van der Waals surface area contributed by atoms with E-state index in [1.54, 1.807) is 0 Å². The smallest absolute Gasteiger partial charge is 0.178 e. The molecule has 4 nitrogen and oxygen atoms in total. The largest absolute Gasteiger partial charge is 0.492 e. The Morgan fingerprint density at radius 3 is 2.75 bits per heavy atom. The van der Waals surface area contributed by atoms with Crippen molar-refractivity contribution in [2.24, 2.45) is 0 Å². The van der Waals surface area contributed by atoms with E-state index in [0.29, 0.717) is 23.8 Å². The number of nitrogens with zero attached hydrogens (tertiary/aromatic N) is 1. The van der Waals surface area contributed by atoms with Crippen LogP contribution < -0.4 is 10.5 Å². The van der Waals surface area contributed by atoms with Crippen LogP contribution in [0.25, 0.3) is 11.0 Å².